The SMILES string of the molecule is C1=CC2c3ccc(-c4ccc(-c5ccc(-c6cc(-c7ccccc7)nc(-c7ccccc7)n6)c6ccccc56)c5ccccc45)cc3N(c3ccccc3)C2C=C1. The average molecular weight is 728 g/mol. The first-order chi connectivity index (χ1) is 28.3. The molecule has 3 heteroatoms. The zero-order valence-electron chi connectivity index (χ0n) is 31.2. The lowest BCUT2D eigenvalue weighted by atomic mass is 9.87. The molecule has 1 aliphatic carbocycles. The highest BCUT2D eigenvalue weighted by atomic mass is 15.2. The van der Waals surface area contributed by atoms with Crippen molar-refractivity contribution in [2.45, 2.75) is 12.0 Å². The summed E-state index contributed by atoms with van der Waals surface area (Å²) in [6, 6.07) is 67.7. The van der Waals surface area contributed by atoms with E-state index in [0.29, 0.717) is 11.7 Å². The molecule has 1 aromatic heterocycles. The molecule has 2 aliphatic rings. The van der Waals surface area contributed by atoms with Crippen molar-refractivity contribution in [1.82, 2.24) is 9.97 Å². The minimum absolute atomic E-state index is 0.259. The zero-order valence-corrected chi connectivity index (χ0v) is 31.2. The summed E-state index contributed by atoms with van der Waals surface area (Å²) in [5.74, 6) is 1.04. The van der Waals surface area contributed by atoms with E-state index >= 15 is 0 Å². The number of fused-ring (bicyclic) bond motifs is 5. The summed E-state index contributed by atoms with van der Waals surface area (Å²) in [7, 11) is 0. The summed E-state index contributed by atoms with van der Waals surface area (Å²) >= 11 is 0. The van der Waals surface area contributed by atoms with Crippen molar-refractivity contribution in [2.75, 3.05) is 4.90 Å². The summed E-state index contributed by atoms with van der Waals surface area (Å²) in [6.45, 7) is 0. The topological polar surface area (TPSA) is 29.0 Å². The number of rotatable bonds is 6. The van der Waals surface area contributed by atoms with Crippen molar-refractivity contribution < 1.29 is 0 Å². The number of aromatic nitrogens is 2. The quantitative estimate of drug-likeness (QED) is 0.171. The van der Waals surface area contributed by atoms with Crippen molar-refractivity contribution in [1.29, 1.82) is 0 Å². The van der Waals surface area contributed by atoms with Gasteiger partial charge >= 0.3 is 0 Å². The normalized spacial score (nSPS) is 15.5. The van der Waals surface area contributed by atoms with Crippen LogP contribution in [0.15, 0.2) is 212 Å². The average Bonchev–Trinajstić information content (AvgIpc) is 3.63. The fourth-order valence-electron chi connectivity index (χ4n) is 8.99. The Labute approximate surface area is 332 Å². The minimum atomic E-state index is 0.259. The zero-order chi connectivity index (χ0) is 37.7. The Hall–Kier alpha value is -7.36. The molecule has 8 aromatic carbocycles. The molecule has 0 radical (unpaired) electrons. The Bertz CT molecular complexity index is 2960. The fraction of sp³-hybridized carbons (Fsp3) is 0.0370. The monoisotopic (exact) mass is 727 g/mol. The maximum Gasteiger partial charge on any atom is 0.160 e. The fourth-order valence-corrected chi connectivity index (χ4v) is 8.99. The second-order valence-electron chi connectivity index (χ2n) is 14.9. The molecule has 11 rings (SSSR count). The van der Waals surface area contributed by atoms with Crippen LogP contribution in [0.1, 0.15) is 11.5 Å². The molecule has 3 nitrogen and oxygen atoms in total. The lowest BCUT2D eigenvalue weighted by Crippen LogP contribution is -2.28. The molecule has 0 bridgehead atoms. The summed E-state index contributed by atoms with van der Waals surface area (Å²) in [4.78, 5) is 12.8. The van der Waals surface area contributed by atoms with Crippen LogP contribution in [0.2, 0.25) is 0 Å². The van der Waals surface area contributed by atoms with Crippen molar-refractivity contribution in [3.05, 3.63) is 218 Å². The lowest BCUT2D eigenvalue weighted by Gasteiger charge is -2.28. The number of anilines is 2. The molecular formula is C54H37N3. The predicted octanol–water partition coefficient (Wildman–Crippen LogP) is 13.8. The lowest BCUT2D eigenvalue weighted by molar-refractivity contribution is 0.745. The molecule has 57 heavy (non-hydrogen) atoms. The van der Waals surface area contributed by atoms with E-state index in [2.05, 4.69) is 193 Å². The Kier molecular flexibility index (Phi) is 7.96. The van der Waals surface area contributed by atoms with E-state index in [-0.39, 0.29) is 6.04 Å². The largest absolute Gasteiger partial charge is 0.333 e. The van der Waals surface area contributed by atoms with Crippen LogP contribution in [0.25, 0.3) is 77.7 Å². The third-order valence-electron chi connectivity index (χ3n) is 11.6. The maximum absolute atomic E-state index is 5.20. The van der Waals surface area contributed by atoms with Crippen LogP contribution in [0.5, 0.6) is 0 Å². The first-order valence-electron chi connectivity index (χ1n) is 19.7. The van der Waals surface area contributed by atoms with Gasteiger partial charge in [0, 0.05) is 34.0 Å². The van der Waals surface area contributed by atoms with Gasteiger partial charge in [-0.3, -0.25) is 0 Å². The Morgan fingerprint density at radius 2 is 0.912 bits per heavy atom. The maximum atomic E-state index is 5.20. The number of nitrogens with zero attached hydrogens (tertiary/aromatic N) is 3. The second-order valence-corrected chi connectivity index (χ2v) is 14.9. The highest BCUT2D eigenvalue weighted by Crippen LogP contribution is 2.50. The van der Waals surface area contributed by atoms with E-state index in [1.54, 1.807) is 0 Å². The first-order valence-corrected chi connectivity index (χ1v) is 19.7. The van der Waals surface area contributed by atoms with E-state index < -0.39 is 0 Å². The summed E-state index contributed by atoms with van der Waals surface area (Å²) in [5.41, 5.74) is 13.7. The smallest absolute Gasteiger partial charge is 0.160 e. The Morgan fingerprint density at radius 3 is 1.60 bits per heavy atom. The van der Waals surface area contributed by atoms with Gasteiger partial charge in [0.2, 0.25) is 0 Å². The molecule has 2 atom stereocenters. The predicted molar refractivity (Wildman–Crippen MR) is 238 cm³/mol. The Balaban J connectivity index is 1.05. The third kappa shape index (κ3) is 5.67. The van der Waals surface area contributed by atoms with Gasteiger partial charge in [0.05, 0.1) is 17.4 Å². The molecular weight excluding hydrogens is 691 g/mol. The minimum Gasteiger partial charge on any atom is -0.333 e. The van der Waals surface area contributed by atoms with Crippen molar-refractivity contribution in [3.63, 3.8) is 0 Å². The van der Waals surface area contributed by atoms with Gasteiger partial charge in [-0.25, -0.2) is 9.97 Å². The highest BCUT2D eigenvalue weighted by molar-refractivity contribution is 6.12. The Morgan fingerprint density at radius 1 is 0.386 bits per heavy atom. The second kappa shape index (κ2) is 13.7. The van der Waals surface area contributed by atoms with Crippen molar-refractivity contribution in [3.8, 4) is 56.2 Å². The van der Waals surface area contributed by atoms with Crippen molar-refractivity contribution >= 4 is 32.9 Å². The molecule has 2 unspecified atom stereocenters. The van der Waals surface area contributed by atoms with E-state index in [1.165, 1.54) is 55.4 Å². The van der Waals surface area contributed by atoms with Gasteiger partial charge < -0.3 is 4.90 Å². The standard InChI is InChI=1S/C54H37N3/c1-4-16-36(17-5-1)50-35-51(56-54(55-50)37-18-6-2-7-19-37)47-33-32-46(43-24-12-13-25-44(43)47)45-31-30-40(41-22-10-11-23-42(41)45)38-28-29-49-48-26-14-15-27-52(48)57(53(49)34-38)39-20-8-3-9-21-39/h1-35,48,52H. The van der Waals surface area contributed by atoms with Crippen LogP contribution in [-0.4, -0.2) is 16.0 Å². The number of para-hydroxylation sites is 1. The first kappa shape index (κ1) is 33.0. The van der Waals surface area contributed by atoms with Gasteiger partial charge in [-0.05, 0) is 73.6 Å². The van der Waals surface area contributed by atoms with E-state index in [0.717, 1.165) is 33.5 Å². The molecule has 0 N–H and O–H groups in total. The van der Waals surface area contributed by atoms with Crippen LogP contribution >= 0.6 is 0 Å². The molecule has 0 spiro atoms. The molecule has 0 saturated carbocycles. The number of hydrogen-bond donors (Lipinski definition) is 0. The molecule has 0 fully saturated rings. The van der Waals surface area contributed by atoms with Gasteiger partial charge in [-0.2, -0.15) is 0 Å². The summed E-state index contributed by atoms with van der Waals surface area (Å²) in [5, 5.41) is 4.81. The molecule has 2 heterocycles. The molecule has 0 saturated heterocycles. The van der Waals surface area contributed by atoms with Gasteiger partial charge in [-0.15, -0.1) is 0 Å². The van der Waals surface area contributed by atoms with Crippen LogP contribution in [0.3, 0.4) is 0 Å². The molecule has 0 amide bonds. The van der Waals surface area contributed by atoms with Gasteiger partial charge in [-0.1, -0.05) is 188 Å². The van der Waals surface area contributed by atoms with Gasteiger partial charge in [0.15, 0.2) is 5.82 Å². The van der Waals surface area contributed by atoms with Gasteiger partial charge in [0.1, 0.15) is 0 Å². The van der Waals surface area contributed by atoms with E-state index in [4.69, 9.17) is 9.97 Å². The summed E-state index contributed by atoms with van der Waals surface area (Å²) in [6.07, 6.45) is 9.06. The number of benzene rings is 8. The molecule has 9 aromatic rings. The number of hydrogen-bond acceptors (Lipinski definition) is 3. The van der Waals surface area contributed by atoms with Crippen LogP contribution in [0.4, 0.5) is 11.4 Å². The number of allylic oxidation sites excluding steroid dienone is 2. The van der Waals surface area contributed by atoms with Crippen LogP contribution < -0.4 is 4.90 Å². The van der Waals surface area contributed by atoms with Crippen molar-refractivity contribution in [2.24, 2.45) is 0 Å². The highest BCUT2D eigenvalue weighted by Gasteiger charge is 2.37. The molecule has 268 valence electrons. The van der Waals surface area contributed by atoms with Gasteiger partial charge in [0.25, 0.3) is 0 Å². The van der Waals surface area contributed by atoms with E-state index in [9.17, 15) is 0 Å². The molecule has 1 aliphatic heterocycles. The van der Waals surface area contributed by atoms with Crippen LogP contribution in [0, 0.1) is 0 Å². The van der Waals surface area contributed by atoms with Crippen LogP contribution in [-0.2, 0) is 0 Å². The van der Waals surface area contributed by atoms with E-state index in [1.807, 2.05) is 24.3 Å². The third-order valence-corrected chi connectivity index (χ3v) is 11.6. The summed E-state index contributed by atoms with van der Waals surface area (Å²) < 4.78 is 0.